The summed E-state index contributed by atoms with van der Waals surface area (Å²) >= 11 is 1.76. The number of hydrogen-bond donors (Lipinski definition) is 1. The van der Waals surface area contributed by atoms with Gasteiger partial charge in [-0.15, -0.1) is 11.3 Å². The molecule has 130 valence electrons. The molecular weight excluding hydrogens is 322 g/mol. The van der Waals surface area contributed by atoms with Gasteiger partial charge in [-0.2, -0.15) is 0 Å². The Balaban J connectivity index is 1.36. The number of β-amino-alcohol motifs (C(OH)–C–C–N with tert-alkyl or cyclic N) is 1. The highest BCUT2D eigenvalue weighted by molar-refractivity contribution is 7.18. The fourth-order valence-electron chi connectivity index (χ4n) is 3.10. The van der Waals surface area contributed by atoms with Gasteiger partial charge in [-0.05, 0) is 31.4 Å². The number of hydrogen-bond acceptors (Lipinski definition) is 5. The van der Waals surface area contributed by atoms with Crippen LogP contribution in [0.3, 0.4) is 0 Å². The largest absolute Gasteiger partial charge is 0.395 e. The summed E-state index contributed by atoms with van der Waals surface area (Å²) in [5.74, 6) is 0.267. The van der Waals surface area contributed by atoms with E-state index in [0.717, 1.165) is 51.0 Å². The number of benzene rings is 1. The molecule has 1 aromatic heterocycles. The first kappa shape index (κ1) is 17.3. The van der Waals surface area contributed by atoms with Crippen molar-refractivity contribution in [2.75, 3.05) is 39.3 Å². The van der Waals surface area contributed by atoms with Gasteiger partial charge in [0.2, 0.25) is 5.91 Å². The van der Waals surface area contributed by atoms with Crippen molar-refractivity contribution in [1.82, 2.24) is 14.8 Å². The van der Waals surface area contributed by atoms with E-state index in [-0.39, 0.29) is 12.5 Å². The highest BCUT2D eigenvalue weighted by Crippen LogP contribution is 2.23. The smallest absolute Gasteiger partial charge is 0.222 e. The monoisotopic (exact) mass is 347 g/mol. The van der Waals surface area contributed by atoms with Gasteiger partial charge in [0, 0.05) is 39.1 Å². The summed E-state index contributed by atoms with van der Waals surface area (Å²) in [5.41, 5.74) is 1.08. The summed E-state index contributed by atoms with van der Waals surface area (Å²) < 4.78 is 1.24. The quantitative estimate of drug-likeness (QED) is 0.780. The van der Waals surface area contributed by atoms with Gasteiger partial charge in [0.05, 0.1) is 21.8 Å². The third-order valence-electron chi connectivity index (χ3n) is 4.51. The first-order valence-electron chi connectivity index (χ1n) is 8.72. The van der Waals surface area contributed by atoms with Crippen LogP contribution in [0.15, 0.2) is 24.3 Å². The van der Waals surface area contributed by atoms with Crippen molar-refractivity contribution < 1.29 is 9.90 Å². The third kappa shape index (κ3) is 4.53. The number of aryl methyl sites for hydroxylation is 1. The van der Waals surface area contributed by atoms with Gasteiger partial charge in [0.25, 0.3) is 0 Å². The van der Waals surface area contributed by atoms with Gasteiger partial charge >= 0.3 is 0 Å². The molecule has 1 aliphatic rings. The highest BCUT2D eigenvalue weighted by atomic mass is 32.1. The molecule has 2 heterocycles. The Morgan fingerprint density at radius 2 is 1.96 bits per heavy atom. The number of thiazole rings is 1. The lowest BCUT2D eigenvalue weighted by Crippen LogP contribution is -2.49. The maximum Gasteiger partial charge on any atom is 0.222 e. The highest BCUT2D eigenvalue weighted by Gasteiger charge is 2.20. The Kier molecular flexibility index (Phi) is 6.18. The van der Waals surface area contributed by atoms with Crippen LogP contribution in [0.5, 0.6) is 0 Å². The first-order valence-corrected chi connectivity index (χ1v) is 9.53. The number of aliphatic hydroxyl groups is 1. The lowest BCUT2D eigenvalue weighted by atomic mass is 10.1. The first-order chi connectivity index (χ1) is 11.8. The lowest BCUT2D eigenvalue weighted by molar-refractivity contribution is -0.133. The summed E-state index contributed by atoms with van der Waals surface area (Å²) in [6.07, 6.45) is 3.52. The van der Waals surface area contributed by atoms with Crippen LogP contribution in [-0.2, 0) is 11.2 Å². The Labute approximate surface area is 146 Å². The normalized spacial score (nSPS) is 16.0. The van der Waals surface area contributed by atoms with E-state index >= 15 is 0 Å². The molecule has 1 aliphatic heterocycles. The number of para-hydroxylation sites is 1. The molecule has 24 heavy (non-hydrogen) atoms. The number of fused-ring (bicyclic) bond motifs is 1. The molecular formula is C18H25N3O2S. The van der Waals surface area contributed by atoms with Gasteiger partial charge in [0.15, 0.2) is 0 Å². The zero-order chi connectivity index (χ0) is 16.8. The summed E-state index contributed by atoms with van der Waals surface area (Å²) in [6, 6.07) is 8.22. The van der Waals surface area contributed by atoms with Gasteiger partial charge in [0.1, 0.15) is 0 Å². The lowest BCUT2D eigenvalue weighted by Gasteiger charge is -2.34. The predicted octanol–water partition coefficient (Wildman–Crippen LogP) is 2.15. The molecule has 2 aromatic rings. The van der Waals surface area contributed by atoms with Crippen molar-refractivity contribution in [3.05, 3.63) is 29.3 Å². The van der Waals surface area contributed by atoms with Crippen LogP contribution in [0.25, 0.3) is 10.2 Å². The summed E-state index contributed by atoms with van der Waals surface area (Å²) in [7, 11) is 0. The average molecular weight is 347 g/mol. The van der Waals surface area contributed by atoms with Gasteiger partial charge in [-0.3, -0.25) is 9.69 Å². The van der Waals surface area contributed by atoms with Gasteiger partial charge in [-0.25, -0.2) is 4.98 Å². The minimum Gasteiger partial charge on any atom is -0.395 e. The number of aromatic nitrogens is 1. The van der Waals surface area contributed by atoms with E-state index in [4.69, 9.17) is 5.11 Å². The number of aliphatic hydroxyl groups excluding tert-OH is 1. The van der Waals surface area contributed by atoms with Gasteiger partial charge in [-0.1, -0.05) is 12.1 Å². The van der Waals surface area contributed by atoms with E-state index in [9.17, 15) is 4.79 Å². The zero-order valence-corrected chi connectivity index (χ0v) is 14.8. The number of piperazine rings is 1. The van der Waals surface area contributed by atoms with Crippen LogP contribution in [0.1, 0.15) is 24.3 Å². The van der Waals surface area contributed by atoms with Crippen LogP contribution in [0, 0.1) is 0 Å². The number of carbonyl (C=O) groups is 1. The second-order valence-electron chi connectivity index (χ2n) is 6.23. The molecule has 1 fully saturated rings. The number of rotatable bonds is 7. The molecule has 3 rings (SSSR count). The number of unbranched alkanes of at least 4 members (excludes halogenated alkanes) is 1. The van der Waals surface area contributed by atoms with E-state index in [1.54, 1.807) is 11.3 Å². The van der Waals surface area contributed by atoms with E-state index in [1.807, 2.05) is 17.0 Å². The van der Waals surface area contributed by atoms with Crippen molar-refractivity contribution in [3.8, 4) is 0 Å². The minimum atomic E-state index is 0.194. The van der Waals surface area contributed by atoms with E-state index < -0.39 is 0 Å². The maximum atomic E-state index is 12.3. The number of nitrogens with zero attached hydrogens (tertiary/aromatic N) is 3. The fourth-order valence-corrected chi connectivity index (χ4v) is 4.11. The van der Waals surface area contributed by atoms with Crippen molar-refractivity contribution >= 4 is 27.5 Å². The molecule has 0 saturated carbocycles. The molecule has 0 unspecified atom stereocenters. The Morgan fingerprint density at radius 3 is 2.71 bits per heavy atom. The molecule has 0 spiro atoms. The third-order valence-corrected chi connectivity index (χ3v) is 5.61. The van der Waals surface area contributed by atoms with Crippen LogP contribution >= 0.6 is 11.3 Å². The molecule has 1 saturated heterocycles. The van der Waals surface area contributed by atoms with Crippen LogP contribution < -0.4 is 0 Å². The fraction of sp³-hybridized carbons (Fsp3) is 0.556. The predicted molar refractivity (Wildman–Crippen MR) is 97.3 cm³/mol. The van der Waals surface area contributed by atoms with E-state index in [1.165, 1.54) is 9.71 Å². The van der Waals surface area contributed by atoms with Crippen molar-refractivity contribution in [2.45, 2.75) is 25.7 Å². The minimum absolute atomic E-state index is 0.194. The second-order valence-corrected chi connectivity index (χ2v) is 7.34. The summed E-state index contributed by atoms with van der Waals surface area (Å²) in [4.78, 5) is 21.1. The maximum absolute atomic E-state index is 12.3. The molecule has 0 atom stereocenters. The molecule has 1 N–H and O–H groups in total. The molecule has 0 bridgehead atoms. The van der Waals surface area contributed by atoms with Gasteiger partial charge < -0.3 is 10.0 Å². The van der Waals surface area contributed by atoms with Crippen molar-refractivity contribution in [2.24, 2.45) is 0 Å². The second kappa shape index (κ2) is 8.55. The number of amides is 1. The van der Waals surface area contributed by atoms with Crippen LogP contribution in [0.4, 0.5) is 0 Å². The zero-order valence-electron chi connectivity index (χ0n) is 14.0. The van der Waals surface area contributed by atoms with Crippen molar-refractivity contribution in [3.63, 3.8) is 0 Å². The average Bonchev–Trinajstić information content (AvgIpc) is 3.02. The molecule has 1 amide bonds. The Morgan fingerprint density at radius 1 is 1.17 bits per heavy atom. The van der Waals surface area contributed by atoms with Crippen molar-refractivity contribution in [1.29, 1.82) is 0 Å². The Hall–Kier alpha value is -1.50. The standard InChI is InChI=1S/C18H25N3O2S/c22-14-13-20-9-11-21(12-10-20)18(23)8-4-3-7-17-19-15-5-1-2-6-16(15)24-17/h1-2,5-6,22H,3-4,7-14H2. The SMILES string of the molecule is O=C(CCCCc1nc2ccccc2s1)N1CCN(CCO)CC1. The summed E-state index contributed by atoms with van der Waals surface area (Å²) in [5, 5.41) is 10.1. The van der Waals surface area contributed by atoms with E-state index in [2.05, 4.69) is 22.0 Å². The topological polar surface area (TPSA) is 56.7 Å². The molecule has 0 aliphatic carbocycles. The Bertz CT molecular complexity index is 632. The summed E-state index contributed by atoms with van der Waals surface area (Å²) in [6.45, 7) is 4.23. The molecule has 0 radical (unpaired) electrons. The number of carbonyl (C=O) groups excluding carboxylic acids is 1. The van der Waals surface area contributed by atoms with E-state index in [0.29, 0.717) is 13.0 Å². The molecule has 5 nitrogen and oxygen atoms in total. The van der Waals surface area contributed by atoms with Crippen LogP contribution in [-0.4, -0.2) is 65.1 Å². The molecule has 1 aromatic carbocycles. The van der Waals surface area contributed by atoms with Crippen LogP contribution in [0.2, 0.25) is 0 Å². The molecule has 6 heteroatoms.